The average Bonchev–Trinajstić information content (AvgIpc) is 2.79. The smallest absolute Gasteiger partial charge is 0.269 e. The normalized spacial score (nSPS) is 14.8. The second-order valence-corrected chi connectivity index (χ2v) is 6.69. The van der Waals surface area contributed by atoms with Gasteiger partial charge in [-0.15, -0.1) is 11.8 Å². The third-order valence-electron chi connectivity index (χ3n) is 3.58. The number of ether oxygens (including phenoxy) is 2. The molecule has 0 spiro atoms. The molecule has 0 N–H and O–H groups in total. The zero-order chi connectivity index (χ0) is 16.2. The topological polar surface area (TPSA) is 61.6 Å². The fraction of sp³-hybridized carbons (Fsp3) is 0.294. The molecule has 1 atom stereocenters. The Morgan fingerprint density at radius 2 is 1.91 bits per heavy atom. The van der Waals surface area contributed by atoms with Crippen LogP contribution in [-0.4, -0.2) is 18.1 Å². The van der Waals surface area contributed by atoms with Gasteiger partial charge in [0.15, 0.2) is 11.5 Å². The van der Waals surface area contributed by atoms with Gasteiger partial charge in [-0.1, -0.05) is 12.1 Å². The van der Waals surface area contributed by atoms with E-state index in [1.807, 2.05) is 31.2 Å². The van der Waals surface area contributed by atoms with E-state index in [-0.39, 0.29) is 15.9 Å². The van der Waals surface area contributed by atoms with Crippen LogP contribution >= 0.6 is 11.8 Å². The van der Waals surface area contributed by atoms with E-state index in [1.54, 1.807) is 23.9 Å². The highest BCUT2D eigenvalue weighted by molar-refractivity contribution is 7.99. The van der Waals surface area contributed by atoms with E-state index in [4.69, 9.17) is 9.47 Å². The number of hydrogen-bond donors (Lipinski definition) is 0. The van der Waals surface area contributed by atoms with E-state index < -0.39 is 0 Å². The lowest BCUT2D eigenvalue weighted by Gasteiger charge is -2.13. The summed E-state index contributed by atoms with van der Waals surface area (Å²) in [6, 6.07) is 12.6. The summed E-state index contributed by atoms with van der Waals surface area (Å²) in [5.74, 6) is 1.54. The van der Waals surface area contributed by atoms with Crippen molar-refractivity contribution in [1.29, 1.82) is 0 Å². The summed E-state index contributed by atoms with van der Waals surface area (Å²) in [7, 11) is 0. The van der Waals surface area contributed by atoms with Gasteiger partial charge >= 0.3 is 0 Å². The molecule has 0 aromatic heterocycles. The van der Waals surface area contributed by atoms with Crippen LogP contribution in [0.2, 0.25) is 0 Å². The summed E-state index contributed by atoms with van der Waals surface area (Å²) in [4.78, 5) is 11.6. The Labute approximate surface area is 138 Å². The third-order valence-corrected chi connectivity index (χ3v) is 4.73. The van der Waals surface area contributed by atoms with Crippen LogP contribution in [0.4, 0.5) is 5.69 Å². The van der Waals surface area contributed by atoms with E-state index >= 15 is 0 Å². The molecule has 1 heterocycles. The highest BCUT2D eigenvalue weighted by Gasteiger charge is 2.15. The number of nitro groups is 1. The number of benzene rings is 2. The molecule has 2 aromatic rings. The first-order valence-corrected chi connectivity index (χ1v) is 8.32. The molecule has 0 saturated carbocycles. The fourth-order valence-corrected chi connectivity index (χ4v) is 3.39. The predicted octanol–water partition coefficient (Wildman–Crippen LogP) is 4.61. The van der Waals surface area contributed by atoms with Gasteiger partial charge in [0, 0.05) is 28.7 Å². The summed E-state index contributed by atoms with van der Waals surface area (Å²) in [5, 5.41) is 11.0. The number of rotatable bonds is 4. The van der Waals surface area contributed by atoms with Crippen molar-refractivity contribution in [1.82, 2.24) is 0 Å². The highest BCUT2D eigenvalue weighted by Crippen LogP contribution is 2.40. The van der Waals surface area contributed by atoms with Gasteiger partial charge in [-0.3, -0.25) is 10.1 Å². The van der Waals surface area contributed by atoms with Crippen LogP contribution in [-0.2, 0) is 0 Å². The van der Waals surface area contributed by atoms with Crippen LogP contribution < -0.4 is 9.47 Å². The quantitative estimate of drug-likeness (QED) is 0.465. The molecule has 120 valence electrons. The molecule has 0 amide bonds. The first-order chi connectivity index (χ1) is 11.1. The number of non-ortho nitro benzene ring substituents is 1. The summed E-state index contributed by atoms with van der Waals surface area (Å²) in [5.41, 5.74) is 1.05. The van der Waals surface area contributed by atoms with Crippen LogP contribution in [0.5, 0.6) is 11.5 Å². The molecular formula is C17H17NO4S. The lowest BCUT2D eigenvalue weighted by molar-refractivity contribution is -0.384. The molecule has 0 saturated heterocycles. The lowest BCUT2D eigenvalue weighted by atomic mass is 10.1. The Morgan fingerprint density at radius 1 is 1.13 bits per heavy atom. The molecule has 6 heteroatoms. The minimum absolute atomic E-state index is 0.0969. The number of nitrogens with zero attached hydrogens (tertiary/aromatic N) is 1. The van der Waals surface area contributed by atoms with Crippen molar-refractivity contribution < 1.29 is 14.4 Å². The van der Waals surface area contributed by atoms with Crippen molar-refractivity contribution in [2.75, 3.05) is 13.2 Å². The zero-order valence-corrected chi connectivity index (χ0v) is 13.5. The summed E-state index contributed by atoms with van der Waals surface area (Å²) in [6.07, 6.45) is 0.876. The van der Waals surface area contributed by atoms with E-state index in [9.17, 15) is 10.1 Å². The van der Waals surface area contributed by atoms with Gasteiger partial charge in [0.25, 0.3) is 5.69 Å². The van der Waals surface area contributed by atoms with Gasteiger partial charge in [-0.05, 0) is 30.7 Å². The monoisotopic (exact) mass is 331 g/mol. The van der Waals surface area contributed by atoms with E-state index in [0.29, 0.717) is 13.2 Å². The number of fused-ring (bicyclic) bond motifs is 1. The Bertz CT molecular complexity index is 719. The van der Waals surface area contributed by atoms with Gasteiger partial charge in [-0.2, -0.15) is 0 Å². The largest absolute Gasteiger partial charge is 0.490 e. The molecule has 23 heavy (non-hydrogen) atoms. The Balaban J connectivity index is 1.77. The van der Waals surface area contributed by atoms with E-state index in [1.165, 1.54) is 6.07 Å². The van der Waals surface area contributed by atoms with E-state index in [2.05, 4.69) is 0 Å². The Morgan fingerprint density at radius 3 is 2.70 bits per heavy atom. The van der Waals surface area contributed by atoms with Gasteiger partial charge in [-0.25, -0.2) is 0 Å². The van der Waals surface area contributed by atoms with Crippen LogP contribution in [0.15, 0.2) is 47.4 Å². The van der Waals surface area contributed by atoms with Crippen molar-refractivity contribution in [2.24, 2.45) is 0 Å². The summed E-state index contributed by atoms with van der Waals surface area (Å²) in [6.45, 7) is 3.36. The van der Waals surface area contributed by atoms with Gasteiger partial charge in [0.1, 0.15) is 0 Å². The molecule has 1 unspecified atom stereocenters. The maximum atomic E-state index is 10.9. The minimum Gasteiger partial charge on any atom is -0.490 e. The van der Waals surface area contributed by atoms with Crippen molar-refractivity contribution in [3.63, 3.8) is 0 Å². The molecule has 0 radical (unpaired) electrons. The molecule has 1 aliphatic heterocycles. The van der Waals surface area contributed by atoms with Gasteiger partial charge in [0.2, 0.25) is 0 Å². The molecular weight excluding hydrogens is 314 g/mol. The average molecular weight is 331 g/mol. The summed E-state index contributed by atoms with van der Waals surface area (Å²) < 4.78 is 11.3. The highest BCUT2D eigenvalue weighted by atomic mass is 32.2. The maximum Gasteiger partial charge on any atom is 0.269 e. The SMILES string of the molecule is CC(Sc1ccc2c(c1)OCCCO2)c1cccc([N+](=O)[O-])c1. The maximum absolute atomic E-state index is 10.9. The standard InChI is InChI=1S/C17H17NO4S/c1-12(13-4-2-5-14(10-13)18(19)20)23-15-6-7-16-17(11-15)22-9-3-8-21-16/h2,4-7,10-12H,3,8-9H2,1H3. The molecule has 0 bridgehead atoms. The van der Waals surface area contributed by atoms with Gasteiger partial charge in [0.05, 0.1) is 18.1 Å². The number of nitro benzene ring substituents is 1. The summed E-state index contributed by atoms with van der Waals surface area (Å²) >= 11 is 1.64. The van der Waals surface area contributed by atoms with Crippen LogP contribution in [0.25, 0.3) is 0 Å². The second kappa shape index (κ2) is 6.91. The van der Waals surface area contributed by atoms with Crippen molar-refractivity contribution >= 4 is 17.4 Å². The van der Waals surface area contributed by atoms with Crippen LogP contribution in [0.3, 0.4) is 0 Å². The lowest BCUT2D eigenvalue weighted by Crippen LogP contribution is -1.97. The molecule has 1 aliphatic rings. The number of thioether (sulfide) groups is 1. The minimum atomic E-state index is -0.367. The van der Waals surface area contributed by atoms with E-state index in [0.717, 1.165) is 28.4 Å². The second-order valence-electron chi connectivity index (χ2n) is 5.27. The Kier molecular flexibility index (Phi) is 4.71. The first-order valence-electron chi connectivity index (χ1n) is 7.44. The molecule has 5 nitrogen and oxygen atoms in total. The number of hydrogen-bond acceptors (Lipinski definition) is 5. The molecule has 0 fully saturated rings. The third kappa shape index (κ3) is 3.76. The van der Waals surface area contributed by atoms with Crippen LogP contribution in [0.1, 0.15) is 24.2 Å². The van der Waals surface area contributed by atoms with Gasteiger partial charge < -0.3 is 9.47 Å². The van der Waals surface area contributed by atoms with Crippen molar-refractivity contribution in [2.45, 2.75) is 23.5 Å². The Hall–Kier alpha value is -2.21. The predicted molar refractivity (Wildman–Crippen MR) is 89.4 cm³/mol. The zero-order valence-electron chi connectivity index (χ0n) is 12.7. The molecule has 0 aliphatic carbocycles. The molecule has 3 rings (SSSR count). The fourth-order valence-electron chi connectivity index (χ4n) is 2.38. The van der Waals surface area contributed by atoms with Crippen molar-refractivity contribution in [3.05, 3.63) is 58.1 Å². The first kappa shape index (κ1) is 15.7. The van der Waals surface area contributed by atoms with Crippen molar-refractivity contribution in [3.8, 4) is 11.5 Å². The van der Waals surface area contributed by atoms with Crippen LogP contribution in [0, 0.1) is 10.1 Å². The molecule has 2 aromatic carbocycles.